The van der Waals surface area contributed by atoms with Gasteiger partial charge in [-0.25, -0.2) is 0 Å². The average Bonchev–Trinajstić information content (AvgIpc) is 2.90. The summed E-state index contributed by atoms with van der Waals surface area (Å²) in [4.78, 5) is 0. The number of aryl methyl sites for hydroxylation is 12. The molecule has 0 aliphatic heterocycles. The molecule has 0 unspecified atom stereocenters. The molecule has 0 bridgehead atoms. The third kappa shape index (κ3) is 7.04. The van der Waals surface area contributed by atoms with Crippen LogP contribution in [-0.4, -0.2) is 0 Å². The SMILES string of the molecule is Cc1cc(C)cc(CCCc2cc(-c3cc(C)c(C)cc3C)cc3c(CCCc4cc(C)cc(C)c4)cc(C)cc23)c1. The van der Waals surface area contributed by atoms with Crippen molar-refractivity contribution in [1.82, 2.24) is 0 Å². The fourth-order valence-electron chi connectivity index (χ4n) is 7.00. The molecular formula is C42H48. The molecule has 0 radical (unpaired) electrons. The van der Waals surface area contributed by atoms with Gasteiger partial charge in [-0.2, -0.15) is 0 Å². The van der Waals surface area contributed by atoms with Crippen LogP contribution in [0, 0.1) is 55.4 Å². The third-order valence-electron chi connectivity index (χ3n) is 8.92. The maximum Gasteiger partial charge on any atom is -0.0143 e. The van der Waals surface area contributed by atoms with E-state index in [1.165, 1.54) is 88.7 Å². The Hall–Kier alpha value is -3.64. The highest BCUT2D eigenvalue weighted by molar-refractivity contribution is 5.94. The van der Waals surface area contributed by atoms with Crippen molar-refractivity contribution in [3.05, 3.63) is 140 Å². The van der Waals surface area contributed by atoms with E-state index in [2.05, 4.69) is 128 Å². The van der Waals surface area contributed by atoms with E-state index in [9.17, 15) is 0 Å². The first-order chi connectivity index (χ1) is 20.0. The molecule has 5 rings (SSSR count). The van der Waals surface area contributed by atoms with Crippen molar-refractivity contribution in [2.24, 2.45) is 0 Å². The lowest BCUT2D eigenvalue weighted by molar-refractivity contribution is 0.819. The summed E-state index contributed by atoms with van der Waals surface area (Å²) in [5.74, 6) is 0. The van der Waals surface area contributed by atoms with Gasteiger partial charge in [0.25, 0.3) is 0 Å². The van der Waals surface area contributed by atoms with Crippen LogP contribution in [0.25, 0.3) is 21.9 Å². The van der Waals surface area contributed by atoms with E-state index in [-0.39, 0.29) is 0 Å². The van der Waals surface area contributed by atoms with Crippen molar-refractivity contribution in [1.29, 1.82) is 0 Å². The van der Waals surface area contributed by atoms with E-state index in [0.717, 1.165) is 38.5 Å². The van der Waals surface area contributed by atoms with Crippen LogP contribution in [0.3, 0.4) is 0 Å². The monoisotopic (exact) mass is 552 g/mol. The van der Waals surface area contributed by atoms with E-state index in [4.69, 9.17) is 0 Å². The lowest BCUT2D eigenvalue weighted by atomic mass is 9.87. The summed E-state index contributed by atoms with van der Waals surface area (Å²) in [7, 11) is 0. The molecule has 216 valence electrons. The Labute approximate surface area is 254 Å². The number of fused-ring (bicyclic) bond motifs is 1. The van der Waals surface area contributed by atoms with Gasteiger partial charge in [-0.1, -0.05) is 94.5 Å². The van der Waals surface area contributed by atoms with Crippen LogP contribution in [0.2, 0.25) is 0 Å². The van der Waals surface area contributed by atoms with Crippen LogP contribution < -0.4 is 0 Å². The van der Waals surface area contributed by atoms with E-state index in [1.54, 1.807) is 0 Å². The van der Waals surface area contributed by atoms with Gasteiger partial charge < -0.3 is 0 Å². The molecule has 0 aromatic heterocycles. The average molecular weight is 553 g/mol. The zero-order chi connectivity index (χ0) is 30.0. The number of hydrogen-bond acceptors (Lipinski definition) is 0. The van der Waals surface area contributed by atoms with Crippen LogP contribution >= 0.6 is 0 Å². The standard InChI is InChI=1S/C42H48/c1-27-15-28(2)18-35(17-27)11-9-13-37-21-31(5)22-41-38(14-10-12-36-19-29(3)16-30(4)20-36)25-39(26-42(37)41)40-24-33(7)32(6)23-34(40)8/h15-26H,9-14H2,1-8H3. The summed E-state index contributed by atoms with van der Waals surface area (Å²) < 4.78 is 0. The lowest BCUT2D eigenvalue weighted by Gasteiger charge is -2.17. The molecule has 0 amide bonds. The van der Waals surface area contributed by atoms with E-state index >= 15 is 0 Å². The number of benzene rings is 5. The molecule has 0 N–H and O–H groups in total. The molecule has 0 saturated carbocycles. The van der Waals surface area contributed by atoms with Gasteiger partial charge in [-0.05, 0) is 161 Å². The topological polar surface area (TPSA) is 0 Å². The van der Waals surface area contributed by atoms with Gasteiger partial charge >= 0.3 is 0 Å². The fraction of sp³-hybridized carbons (Fsp3) is 0.333. The minimum Gasteiger partial charge on any atom is -0.0564 e. The zero-order valence-corrected chi connectivity index (χ0v) is 27.2. The lowest BCUT2D eigenvalue weighted by Crippen LogP contribution is -1.99. The predicted octanol–water partition coefficient (Wildman–Crippen LogP) is 11.3. The summed E-state index contributed by atoms with van der Waals surface area (Å²) in [5, 5.41) is 2.89. The molecule has 42 heavy (non-hydrogen) atoms. The van der Waals surface area contributed by atoms with Crippen molar-refractivity contribution < 1.29 is 0 Å². The Bertz CT molecular complexity index is 1710. The first-order valence-electron chi connectivity index (χ1n) is 15.8. The Kier molecular flexibility index (Phi) is 9.02. The molecule has 0 heteroatoms. The van der Waals surface area contributed by atoms with E-state index < -0.39 is 0 Å². The van der Waals surface area contributed by atoms with Crippen LogP contribution in [0.1, 0.15) is 79.6 Å². The van der Waals surface area contributed by atoms with E-state index in [0.29, 0.717) is 0 Å². The van der Waals surface area contributed by atoms with E-state index in [1.807, 2.05) is 0 Å². The van der Waals surface area contributed by atoms with Gasteiger partial charge in [-0.3, -0.25) is 0 Å². The molecule has 0 nitrogen and oxygen atoms in total. The van der Waals surface area contributed by atoms with Gasteiger partial charge in [-0.15, -0.1) is 0 Å². The highest BCUT2D eigenvalue weighted by Crippen LogP contribution is 2.35. The summed E-state index contributed by atoms with van der Waals surface area (Å²) in [6.07, 6.45) is 6.75. The molecule has 5 aromatic rings. The highest BCUT2D eigenvalue weighted by Gasteiger charge is 2.13. The first kappa shape index (κ1) is 29.8. The van der Waals surface area contributed by atoms with Gasteiger partial charge in [0, 0.05) is 0 Å². The maximum absolute atomic E-state index is 2.50. The highest BCUT2D eigenvalue weighted by atomic mass is 14.2. The quantitative estimate of drug-likeness (QED) is 0.171. The molecule has 0 saturated heterocycles. The maximum atomic E-state index is 2.50. The normalized spacial score (nSPS) is 11.4. The van der Waals surface area contributed by atoms with Crippen LogP contribution in [0.4, 0.5) is 0 Å². The molecule has 0 heterocycles. The van der Waals surface area contributed by atoms with Gasteiger partial charge in [0.05, 0.1) is 0 Å². The largest absolute Gasteiger partial charge is 0.0564 e. The van der Waals surface area contributed by atoms with Crippen LogP contribution in [-0.2, 0) is 25.7 Å². The van der Waals surface area contributed by atoms with Gasteiger partial charge in [0.2, 0.25) is 0 Å². The number of rotatable bonds is 9. The second kappa shape index (κ2) is 12.7. The molecule has 0 atom stereocenters. The van der Waals surface area contributed by atoms with Gasteiger partial charge in [0.1, 0.15) is 0 Å². The summed E-state index contributed by atoms with van der Waals surface area (Å²) in [6.45, 7) is 17.9. The molecular weight excluding hydrogens is 504 g/mol. The Morgan fingerprint density at radius 2 is 0.810 bits per heavy atom. The van der Waals surface area contributed by atoms with Crippen molar-refractivity contribution in [2.75, 3.05) is 0 Å². The van der Waals surface area contributed by atoms with Crippen LogP contribution in [0.15, 0.2) is 72.8 Å². The smallest absolute Gasteiger partial charge is 0.0143 e. The Morgan fingerprint density at radius 3 is 1.36 bits per heavy atom. The summed E-state index contributed by atoms with van der Waals surface area (Å²) in [5.41, 5.74) is 19.6. The minimum absolute atomic E-state index is 1.09. The molecule has 0 aliphatic rings. The molecule has 0 fully saturated rings. The molecule has 0 spiro atoms. The van der Waals surface area contributed by atoms with Gasteiger partial charge in [0.15, 0.2) is 0 Å². The van der Waals surface area contributed by atoms with Crippen molar-refractivity contribution in [3.8, 4) is 11.1 Å². The minimum atomic E-state index is 1.09. The zero-order valence-electron chi connectivity index (χ0n) is 27.2. The fourth-order valence-corrected chi connectivity index (χ4v) is 7.00. The second-order valence-electron chi connectivity index (χ2n) is 13.1. The Balaban J connectivity index is 1.52. The van der Waals surface area contributed by atoms with Crippen molar-refractivity contribution in [3.63, 3.8) is 0 Å². The summed E-state index contributed by atoms with van der Waals surface area (Å²) >= 11 is 0. The van der Waals surface area contributed by atoms with Crippen molar-refractivity contribution >= 4 is 10.8 Å². The molecule has 0 aliphatic carbocycles. The Morgan fingerprint density at radius 1 is 0.357 bits per heavy atom. The third-order valence-corrected chi connectivity index (χ3v) is 8.92. The predicted molar refractivity (Wildman–Crippen MR) is 184 cm³/mol. The first-order valence-corrected chi connectivity index (χ1v) is 15.8. The summed E-state index contributed by atoms with van der Waals surface area (Å²) in [6, 6.07) is 28.6. The number of hydrogen-bond donors (Lipinski definition) is 0. The van der Waals surface area contributed by atoms with Crippen molar-refractivity contribution in [2.45, 2.75) is 93.9 Å². The molecule has 5 aromatic carbocycles. The second-order valence-corrected chi connectivity index (χ2v) is 13.1. The van der Waals surface area contributed by atoms with Crippen LogP contribution in [0.5, 0.6) is 0 Å².